The Bertz CT molecular complexity index is 680. The number of carbonyl (C=O) groups excluding carboxylic acids is 2. The fourth-order valence-electron chi connectivity index (χ4n) is 4.45. The number of rotatable bonds is 6. The zero-order valence-corrected chi connectivity index (χ0v) is 18.1. The Balaban J connectivity index is 0.00000280. The molecule has 2 fully saturated rings. The van der Waals surface area contributed by atoms with Gasteiger partial charge in [-0.3, -0.25) is 9.59 Å². The van der Waals surface area contributed by atoms with Crippen LogP contribution in [0.15, 0.2) is 24.3 Å². The predicted molar refractivity (Wildman–Crippen MR) is 116 cm³/mol. The molecule has 0 bridgehead atoms. The van der Waals surface area contributed by atoms with Gasteiger partial charge in [-0.1, -0.05) is 32.0 Å². The summed E-state index contributed by atoms with van der Waals surface area (Å²) in [5.74, 6) is 0.941. The lowest BCUT2D eigenvalue weighted by Crippen LogP contribution is -2.45. The number of hydrogen-bond donors (Lipinski definition) is 1. The van der Waals surface area contributed by atoms with Crippen LogP contribution in [-0.2, 0) is 9.59 Å². The molecule has 2 aliphatic rings. The van der Waals surface area contributed by atoms with Crippen LogP contribution in [0.5, 0.6) is 0 Å². The second kappa shape index (κ2) is 10.3. The first-order chi connectivity index (χ1) is 13.0. The van der Waals surface area contributed by atoms with Crippen LogP contribution in [0.4, 0.5) is 5.69 Å². The zero-order valence-electron chi connectivity index (χ0n) is 17.3. The molecule has 5 nitrogen and oxygen atoms in total. The number of halogens is 1. The highest BCUT2D eigenvalue weighted by atomic mass is 35.5. The summed E-state index contributed by atoms with van der Waals surface area (Å²) in [6, 6.07) is 8.15. The number of hydrogen-bond acceptors (Lipinski definition) is 3. The lowest BCUT2D eigenvalue weighted by Gasteiger charge is -2.34. The summed E-state index contributed by atoms with van der Waals surface area (Å²) in [7, 11) is 1.96. The van der Waals surface area contributed by atoms with Gasteiger partial charge in [0.1, 0.15) is 0 Å². The van der Waals surface area contributed by atoms with Crippen molar-refractivity contribution in [2.75, 3.05) is 38.1 Å². The van der Waals surface area contributed by atoms with Crippen molar-refractivity contribution in [1.29, 1.82) is 0 Å². The van der Waals surface area contributed by atoms with E-state index >= 15 is 0 Å². The summed E-state index contributed by atoms with van der Waals surface area (Å²) in [6.07, 6.45) is 3.59. The van der Waals surface area contributed by atoms with Gasteiger partial charge in [0.15, 0.2) is 0 Å². The van der Waals surface area contributed by atoms with Gasteiger partial charge < -0.3 is 15.1 Å². The Hall–Kier alpha value is -1.59. The molecule has 0 saturated carbocycles. The van der Waals surface area contributed by atoms with Gasteiger partial charge in [0.2, 0.25) is 11.8 Å². The first kappa shape index (κ1) is 22.7. The van der Waals surface area contributed by atoms with E-state index in [-0.39, 0.29) is 30.1 Å². The van der Waals surface area contributed by atoms with E-state index in [1.165, 1.54) is 12.0 Å². The van der Waals surface area contributed by atoms with E-state index in [1.54, 1.807) is 0 Å². The summed E-state index contributed by atoms with van der Waals surface area (Å²) in [6.45, 7) is 7.45. The van der Waals surface area contributed by atoms with Crippen LogP contribution in [-0.4, -0.2) is 49.9 Å². The van der Waals surface area contributed by atoms with Crippen LogP contribution >= 0.6 is 12.4 Å². The van der Waals surface area contributed by atoms with Crippen molar-refractivity contribution in [3.05, 3.63) is 29.8 Å². The van der Waals surface area contributed by atoms with Gasteiger partial charge in [-0.2, -0.15) is 0 Å². The average Bonchev–Trinajstić information content (AvgIpc) is 3.08. The number of nitrogens with one attached hydrogen (secondary N) is 1. The second-order valence-corrected chi connectivity index (χ2v) is 8.12. The molecule has 6 heteroatoms. The summed E-state index contributed by atoms with van der Waals surface area (Å²) in [5.41, 5.74) is 2.19. The van der Waals surface area contributed by atoms with Gasteiger partial charge in [-0.05, 0) is 56.3 Å². The molecule has 28 heavy (non-hydrogen) atoms. The van der Waals surface area contributed by atoms with Crippen molar-refractivity contribution in [3.63, 3.8) is 0 Å². The van der Waals surface area contributed by atoms with Gasteiger partial charge in [-0.15, -0.1) is 12.4 Å². The fraction of sp³-hybridized carbons (Fsp3) is 0.636. The molecule has 2 saturated heterocycles. The number of piperidine rings is 1. The van der Waals surface area contributed by atoms with E-state index in [9.17, 15) is 9.59 Å². The largest absolute Gasteiger partial charge is 0.342 e. The smallest absolute Gasteiger partial charge is 0.228 e. The summed E-state index contributed by atoms with van der Waals surface area (Å²) < 4.78 is 0. The minimum atomic E-state index is -0.212. The van der Waals surface area contributed by atoms with E-state index in [0.29, 0.717) is 24.8 Å². The van der Waals surface area contributed by atoms with Crippen molar-refractivity contribution < 1.29 is 9.59 Å². The number of carbonyl (C=O) groups is 2. The molecule has 156 valence electrons. The first-order valence-electron chi connectivity index (χ1n) is 10.4. The van der Waals surface area contributed by atoms with Gasteiger partial charge in [0.25, 0.3) is 0 Å². The maximum atomic E-state index is 13.1. The Morgan fingerprint density at radius 2 is 2.04 bits per heavy atom. The number of amides is 2. The Labute approximate surface area is 175 Å². The summed E-state index contributed by atoms with van der Waals surface area (Å²) in [5, 5.41) is 3.22. The highest BCUT2D eigenvalue weighted by molar-refractivity contribution is 6.01. The Morgan fingerprint density at radius 3 is 2.75 bits per heavy atom. The van der Waals surface area contributed by atoms with Crippen molar-refractivity contribution in [1.82, 2.24) is 10.2 Å². The molecule has 2 heterocycles. The molecule has 0 aliphatic carbocycles. The molecule has 2 aliphatic heterocycles. The quantitative estimate of drug-likeness (QED) is 0.785. The van der Waals surface area contributed by atoms with Crippen molar-refractivity contribution >= 4 is 29.9 Å². The molecule has 3 atom stereocenters. The van der Waals surface area contributed by atoms with Gasteiger partial charge in [0, 0.05) is 31.7 Å². The Morgan fingerprint density at radius 1 is 1.29 bits per heavy atom. The molecule has 3 unspecified atom stereocenters. The van der Waals surface area contributed by atoms with Crippen LogP contribution in [0.2, 0.25) is 0 Å². The number of anilines is 1. The molecular weight excluding hydrogens is 374 g/mol. The summed E-state index contributed by atoms with van der Waals surface area (Å²) in [4.78, 5) is 29.7. The van der Waals surface area contributed by atoms with E-state index < -0.39 is 0 Å². The number of likely N-dealkylation sites (tertiary alicyclic amines) is 1. The maximum Gasteiger partial charge on any atom is 0.228 e. The lowest BCUT2D eigenvalue weighted by atomic mass is 9.96. The zero-order chi connectivity index (χ0) is 19.4. The number of benzene rings is 1. The molecule has 0 spiro atoms. The molecule has 1 aromatic rings. The molecular formula is C22H34ClN3O2. The van der Waals surface area contributed by atoms with Crippen LogP contribution in [0.3, 0.4) is 0 Å². The van der Waals surface area contributed by atoms with Gasteiger partial charge >= 0.3 is 0 Å². The molecule has 3 rings (SSSR count). The van der Waals surface area contributed by atoms with Crippen molar-refractivity contribution in [2.24, 2.45) is 11.8 Å². The normalized spacial score (nSPS) is 23.5. The molecule has 1 N–H and O–H groups in total. The first-order valence-corrected chi connectivity index (χ1v) is 10.4. The maximum absolute atomic E-state index is 13.1. The molecule has 0 radical (unpaired) electrons. The highest BCUT2D eigenvalue weighted by Crippen LogP contribution is 2.34. The lowest BCUT2D eigenvalue weighted by molar-refractivity contribution is -0.137. The Kier molecular flexibility index (Phi) is 8.32. The van der Waals surface area contributed by atoms with E-state index in [2.05, 4.69) is 25.2 Å². The van der Waals surface area contributed by atoms with Crippen LogP contribution in [0.25, 0.3) is 0 Å². The van der Waals surface area contributed by atoms with Crippen LogP contribution in [0.1, 0.15) is 51.0 Å². The molecule has 0 aromatic heterocycles. The van der Waals surface area contributed by atoms with Crippen molar-refractivity contribution in [2.45, 2.75) is 45.4 Å². The summed E-state index contributed by atoms with van der Waals surface area (Å²) >= 11 is 0. The fourth-order valence-corrected chi connectivity index (χ4v) is 4.45. The van der Waals surface area contributed by atoms with Crippen LogP contribution in [0, 0.1) is 11.8 Å². The average molecular weight is 408 g/mol. The van der Waals surface area contributed by atoms with E-state index in [0.717, 1.165) is 38.2 Å². The highest BCUT2D eigenvalue weighted by Gasteiger charge is 2.39. The van der Waals surface area contributed by atoms with Gasteiger partial charge in [-0.25, -0.2) is 0 Å². The minimum Gasteiger partial charge on any atom is -0.342 e. The van der Waals surface area contributed by atoms with E-state index in [4.69, 9.17) is 0 Å². The van der Waals surface area contributed by atoms with Crippen LogP contribution < -0.4 is 10.2 Å². The van der Waals surface area contributed by atoms with Crippen molar-refractivity contribution in [3.8, 4) is 0 Å². The predicted octanol–water partition coefficient (Wildman–Crippen LogP) is 3.43. The minimum absolute atomic E-state index is 0. The third-order valence-corrected chi connectivity index (χ3v) is 6.17. The van der Waals surface area contributed by atoms with Gasteiger partial charge in [0.05, 0.1) is 5.92 Å². The molecule has 1 aromatic carbocycles. The van der Waals surface area contributed by atoms with E-state index in [1.807, 2.05) is 35.0 Å². The number of nitrogens with zero attached hydrogens (tertiary/aromatic N) is 2. The molecule has 2 amide bonds. The standard InChI is InChI=1S/C22H33N3O2.ClH/c1-4-16(2)19-9-5-6-10-20(19)25-15-18(12-21(25)26)22(27)24-11-7-8-17(14-24)13-23-3;/h5-6,9-10,16-18,23H,4,7-8,11-15H2,1-3H3;1H. The third kappa shape index (κ3) is 4.87. The SMILES string of the molecule is CCC(C)c1ccccc1N1CC(C(=O)N2CCCC(CNC)C2)CC1=O.Cl. The third-order valence-electron chi connectivity index (χ3n) is 6.17. The topological polar surface area (TPSA) is 52.7 Å². The number of para-hydroxylation sites is 1. The monoisotopic (exact) mass is 407 g/mol. The second-order valence-electron chi connectivity index (χ2n) is 8.12.